The van der Waals surface area contributed by atoms with Crippen LogP contribution < -0.4 is 5.32 Å². The molecule has 0 radical (unpaired) electrons. The average Bonchev–Trinajstić information content (AvgIpc) is 2.50. The summed E-state index contributed by atoms with van der Waals surface area (Å²) >= 11 is 0. The number of aromatic nitrogens is 1. The summed E-state index contributed by atoms with van der Waals surface area (Å²) in [5, 5.41) is 10.8. The molecule has 0 saturated heterocycles. The van der Waals surface area contributed by atoms with Crippen LogP contribution in [0.2, 0.25) is 0 Å². The van der Waals surface area contributed by atoms with Crippen LogP contribution in [0.3, 0.4) is 0 Å². The average molecular weight is 282 g/mol. The molecule has 1 atom stereocenters. The molecule has 0 saturated carbocycles. The molecule has 1 aliphatic rings. The molecule has 110 valence electrons. The van der Waals surface area contributed by atoms with Crippen LogP contribution in [0.15, 0.2) is 49.2 Å². The summed E-state index contributed by atoms with van der Waals surface area (Å²) in [6.45, 7) is 11.1. The molecule has 1 aliphatic heterocycles. The molecule has 4 nitrogen and oxygen atoms in total. The lowest BCUT2D eigenvalue weighted by atomic mass is 9.97. The number of rotatable bonds is 6. The molecule has 0 amide bonds. The highest BCUT2D eigenvalue weighted by Gasteiger charge is 2.21. The first-order valence-electron chi connectivity index (χ1n) is 7.10. The number of hydrogen-bond acceptors (Lipinski definition) is 3. The van der Waals surface area contributed by atoms with Gasteiger partial charge in [0.25, 0.3) is 0 Å². The van der Waals surface area contributed by atoms with E-state index in [2.05, 4.69) is 36.4 Å². The maximum atomic E-state index is 7.47. The van der Waals surface area contributed by atoms with Gasteiger partial charge in [-0.1, -0.05) is 31.4 Å². The van der Waals surface area contributed by atoms with Crippen LogP contribution in [-0.2, 0) is 13.0 Å². The second-order valence-electron chi connectivity index (χ2n) is 5.23. The Bertz CT molecular complexity index is 574. The topological polar surface area (TPSA) is 52.0 Å². The number of pyridine rings is 1. The zero-order valence-electron chi connectivity index (χ0n) is 12.5. The molecule has 1 unspecified atom stereocenters. The van der Waals surface area contributed by atoms with Crippen LogP contribution in [-0.4, -0.2) is 28.8 Å². The SMILES string of the molecule is C=C/C=C(\C=C)CNc1cc2c(cn1)CC(C)N(C=N)C2. The third-order valence-corrected chi connectivity index (χ3v) is 3.75. The lowest BCUT2D eigenvalue weighted by Crippen LogP contribution is -2.37. The van der Waals surface area contributed by atoms with Gasteiger partial charge in [-0.3, -0.25) is 5.41 Å². The zero-order chi connectivity index (χ0) is 15.2. The predicted molar refractivity (Wildman–Crippen MR) is 88.7 cm³/mol. The van der Waals surface area contributed by atoms with E-state index in [4.69, 9.17) is 5.41 Å². The van der Waals surface area contributed by atoms with E-state index in [1.807, 2.05) is 23.2 Å². The third-order valence-electron chi connectivity index (χ3n) is 3.75. The van der Waals surface area contributed by atoms with Gasteiger partial charge in [0.05, 0.1) is 6.34 Å². The van der Waals surface area contributed by atoms with Crippen molar-refractivity contribution in [3.05, 3.63) is 60.3 Å². The maximum Gasteiger partial charge on any atom is 0.126 e. The molecule has 2 heterocycles. The fourth-order valence-electron chi connectivity index (χ4n) is 2.46. The summed E-state index contributed by atoms with van der Waals surface area (Å²) in [6.07, 6.45) is 9.79. The third kappa shape index (κ3) is 3.60. The summed E-state index contributed by atoms with van der Waals surface area (Å²) in [4.78, 5) is 6.51. The fraction of sp³-hybridized carbons (Fsp3) is 0.294. The Morgan fingerprint density at radius 3 is 3.00 bits per heavy atom. The molecular weight excluding hydrogens is 260 g/mol. The Morgan fingerprint density at radius 2 is 2.33 bits per heavy atom. The smallest absolute Gasteiger partial charge is 0.126 e. The number of nitrogens with one attached hydrogen (secondary N) is 2. The first-order chi connectivity index (χ1) is 10.2. The van der Waals surface area contributed by atoms with E-state index in [1.54, 1.807) is 6.08 Å². The lowest BCUT2D eigenvalue weighted by molar-refractivity contribution is 0.308. The Balaban J connectivity index is 2.11. The molecule has 0 aliphatic carbocycles. The van der Waals surface area contributed by atoms with Gasteiger partial charge in [0.15, 0.2) is 0 Å². The van der Waals surface area contributed by atoms with Crippen LogP contribution >= 0.6 is 0 Å². The summed E-state index contributed by atoms with van der Waals surface area (Å²) < 4.78 is 0. The first-order valence-corrected chi connectivity index (χ1v) is 7.10. The van der Waals surface area contributed by atoms with Crippen molar-refractivity contribution in [1.82, 2.24) is 9.88 Å². The van der Waals surface area contributed by atoms with E-state index in [9.17, 15) is 0 Å². The molecular formula is C17H22N4. The van der Waals surface area contributed by atoms with Crippen molar-refractivity contribution in [2.75, 3.05) is 11.9 Å². The van der Waals surface area contributed by atoms with Gasteiger partial charge in [-0.25, -0.2) is 4.98 Å². The minimum Gasteiger partial charge on any atom is -0.366 e. The molecule has 2 rings (SSSR count). The molecule has 0 aromatic carbocycles. The van der Waals surface area contributed by atoms with E-state index in [0.29, 0.717) is 12.6 Å². The quantitative estimate of drug-likeness (QED) is 0.479. The highest BCUT2D eigenvalue weighted by molar-refractivity contribution is 5.54. The van der Waals surface area contributed by atoms with Crippen molar-refractivity contribution in [3.8, 4) is 0 Å². The highest BCUT2D eigenvalue weighted by Crippen LogP contribution is 2.23. The normalized spacial score (nSPS) is 17.9. The molecule has 0 fully saturated rings. The monoisotopic (exact) mass is 282 g/mol. The fourth-order valence-corrected chi connectivity index (χ4v) is 2.46. The molecule has 2 N–H and O–H groups in total. The van der Waals surface area contributed by atoms with E-state index < -0.39 is 0 Å². The van der Waals surface area contributed by atoms with Gasteiger partial charge in [-0.15, -0.1) is 0 Å². The number of nitrogens with zero attached hydrogens (tertiary/aromatic N) is 2. The predicted octanol–water partition coefficient (Wildman–Crippen LogP) is 3.15. The van der Waals surface area contributed by atoms with Crippen LogP contribution in [0.1, 0.15) is 18.1 Å². The van der Waals surface area contributed by atoms with E-state index >= 15 is 0 Å². The minimum atomic E-state index is 0.360. The van der Waals surface area contributed by atoms with Gasteiger partial charge >= 0.3 is 0 Å². The number of anilines is 1. The Hall–Kier alpha value is -2.36. The van der Waals surface area contributed by atoms with E-state index in [1.165, 1.54) is 17.5 Å². The van der Waals surface area contributed by atoms with E-state index in [-0.39, 0.29) is 0 Å². The lowest BCUT2D eigenvalue weighted by Gasteiger charge is -2.33. The molecule has 0 spiro atoms. The van der Waals surface area contributed by atoms with Gasteiger partial charge < -0.3 is 10.2 Å². The van der Waals surface area contributed by atoms with Gasteiger partial charge in [0.1, 0.15) is 5.82 Å². The molecule has 1 aromatic heterocycles. The van der Waals surface area contributed by atoms with Crippen LogP contribution in [0.4, 0.5) is 5.82 Å². The van der Waals surface area contributed by atoms with Crippen molar-refractivity contribution in [1.29, 1.82) is 5.41 Å². The largest absolute Gasteiger partial charge is 0.366 e. The number of allylic oxidation sites excluding steroid dienone is 2. The Labute approximate surface area is 126 Å². The summed E-state index contributed by atoms with van der Waals surface area (Å²) in [5.41, 5.74) is 3.58. The maximum absolute atomic E-state index is 7.47. The molecule has 21 heavy (non-hydrogen) atoms. The summed E-state index contributed by atoms with van der Waals surface area (Å²) in [6, 6.07) is 2.44. The van der Waals surface area contributed by atoms with Crippen molar-refractivity contribution < 1.29 is 0 Å². The van der Waals surface area contributed by atoms with Crippen LogP contribution in [0.25, 0.3) is 0 Å². The highest BCUT2D eigenvalue weighted by atomic mass is 15.2. The summed E-state index contributed by atoms with van der Waals surface area (Å²) in [5.74, 6) is 0.852. The Kier molecular flexibility index (Phi) is 4.93. The van der Waals surface area contributed by atoms with Crippen molar-refractivity contribution in [2.24, 2.45) is 0 Å². The zero-order valence-corrected chi connectivity index (χ0v) is 12.5. The first kappa shape index (κ1) is 15.0. The summed E-state index contributed by atoms with van der Waals surface area (Å²) in [7, 11) is 0. The van der Waals surface area contributed by atoms with Gasteiger partial charge in [-0.05, 0) is 36.1 Å². The van der Waals surface area contributed by atoms with Crippen LogP contribution in [0, 0.1) is 5.41 Å². The van der Waals surface area contributed by atoms with Crippen molar-refractivity contribution in [3.63, 3.8) is 0 Å². The molecule has 4 heteroatoms. The Morgan fingerprint density at radius 1 is 1.52 bits per heavy atom. The van der Waals surface area contributed by atoms with Gasteiger partial charge in [0.2, 0.25) is 0 Å². The minimum absolute atomic E-state index is 0.360. The second-order valence-corrected chi connectivity index (χ2v) is 5.23. The molecule has 0 bridgehead atoms. The van der Waals surface area contributed by atoms with E-state index in [0.717, 1.165) is 24.4 Å². The number of fused-ring (bicyclic) bond motifs is 1. The van der Waals surface area contributed by atoms with Crippen molar-refractivity contribution in [2.45, 2.75) is 25.9 Å². The standard InChI is InChI=1S/C17H22N4/c1-4-6-14(5-2)9-19-17-8-16-11-21(12-18)13(3)7-15(16)10-20-17/h4-6,8,10,12-13,18H,1-2,7,9,11H2,3H3,(H,19,20)/b14-6+,18-12?. The van der Waals surface area contributed by atoms with Gasteiger partial charge in [-0.2, -0.15) is 0 Å². The number of hydrogen-bond donors (Lipinski definition) is 2. The van der Waals surface area contributed by atoms with Gasteiger partial charge in [0, 0.05) is 25.3 Å². The van der Waals surface area contributed by atoms with Crippen molar-refractivity contribution >= 4 is 12.2 Å². The van der Waals surface area contributed by atoms with Crippen LogP contribution in [0.5, 0.6) is 0 Å². The molecule has 1 aromatic rings. The second kappa shape index (κ2) is 6.88.